The van der Waals surface area contributed by atoms with Gasteiger partial charge in [-0.25, -0.2) is 10.2 Å². The molecule has 0 saturated heterocycles. The van der Waals surface area contributed by atoms with Gasteiger partial charge in [-0.15, -0.1) is 0 Å². The van der Waals surface area contributed by atoms with E-state index < -0.39 is 5.97 Å². The number of hydrogen-bond acceptors (Lipinski definition) is 6. The molecule has 0 fully saturated rings. The van der Waals surface area contributed by atoms with Crippen molar-refractivity contribution in [1.29, 1.82) is 0 Å². The summed E-state index contributed by atoms with van der Waals surface area (Å²) >= 11 is 0. The lowest BCUT2D eigenvalue weighted by Gasteiger charge is -2.14. The van der Waals surface area contributed by atoms with E-state index in [1.165, 1.54) is 6.21 Å². The third kappa shape index (κ3) is 4.90. The number of aromatic nitrogens is 1. The predicted octanol–water partition coefficient (Wildman–Crippen LogP) is 4.74. The topological polar surface area (TPSA) is 103 Å². The molecular weight excluding hydrogens is 470 g/mol. The lowest BCUT2D eigenvalue weighted by atomic mass is 10.1. The van der Waals surface area contributed by atoms with Crippen LogP contribution in [0, 0.1) is 0 Å². The van der Waals surface area contributed by atoms with Crippen molar-refractivity contribution in [2.24, 2.45) is 5.10 Å². The molecule has 2 heterocycles. The van der Waals surface area contributed by atoms with E-state index in [-0.39, 0.29) is 17.9 Å². The van der Waals surface area contributed by atoms with Crippen LogP contribution in [-0.2, 0) is 16.1 Å². The zero-order chi connectivity index (χ0) is 25.8. The monoisotopic (exact) mass is 493 g/mol. The Bertz CT molecular complexity index is 1650. The SMILES string of the molecule is CCOC(=O)c1cccc(-c2ccc(C=NNC(=O)Cn3c4ccccc4c(=O)c4ccccc43)o2)c1. The summed E-state index contributed by atoms with van der Waals surface area (Å²) in [5.74, 6) is 0.217. The average molecular weight is 494 g/mol. The normalized spacial score (nSPS) is 11.3. The fraction of sp³-hybridized carbons (Fsp3) is 0.103. The molecule has 5 aromatic rings. The summed E-state index contributed by atoms with van der Waals surface area (Å²) in [4.78, 5) is 37.6. The number of nitrogens with one attached hydrogen (secondary N) is 1. The largest absolute Gasteiger partial charge is 0.462 e. The van der Waals surface area contributed by atoms with Crippen molar-refractivity contribution in [2.45, 2.75) is 13.5 Å². The van der Waals surface area contributed by atoms with Crippen molar-refractivity contribution in [1.82, 2.24) is 9.99 Å². The number of carbonyl (C=O) groups is 2. The molecule has 0 radical (unpaired) electrons. The lowest BCUT2D eigenvalue weighted by Crippen LogP contribution is -2.25. The van der Waals surface area contributed by atoms with Gasteiger partial charge < -0.3 is 13.7 Å². The molecule has 1 amide bonds. The Morgan fingerprint density at radius 3 is 2.35 bits per heavy atom. The van der Waals surface area contributed by atoms with Crippen LogP contribution in [-0.4, -0.2) is 29.3 Å². The predicted molar refractivity (Wildman–Crippen MR) is 142 cm³/mol. The van der Waals surface area contributed by atoms with E-state index in [0.717, 1.165) is 0 Å². The van der Waals surface area contributed by atoms with Gasteiger partial charge in [0, 0.05) is 16.3 Å². The summed E-state index contributed by atoms with van der Waals surface area (Å²) in [5, 5.41) is 5.12. The zero-order valence-corrected chi connectivity index (χ0v) is 20.0. The van der Waals surface area contributed by atoms with Gasteiger partial charge >= 0.3 is 5.97 Å². The van der Waals surface area contributed by atoms with Gasteiger partial charge in [0.15, 0.2) is 5.43 Å². The van der Waals surface area contributed by atoms with Crippen LogP contribution < -0.4 is 10.9 Å². The van der Waals surface area contributed by atoms with Crippen LogP contribution in [0.15, 0.2) is 99.2 Å². The average Bonchev–Trinajstić information content (AvgIpc) is 3.40. The van der Waals surface area contributed by atoms with Crippen LogP contribution in [0.1, 0.15) is 23.0 Å². The van der Waals surface area contributed by atoms with E-state index >= 15 is 0 Å². The number of benzene rings is 3. The van der Waals surface area contributed by atoms with Gasteiger partial charge in [0.2, 0.25) is 0 Å². The van der Waals surface area contributed by atoms with E-state index in [1.807, 2.05) is 30.3 Å². The van der Waals surface area contributed by atoms with Crippen molar-refractivity contribution in [3.05, 3.63) is 106 Å². The number of rotatable bonds is 7. The van der Waals surface area contributed by atoms with Crippen LogP contribution in [0.5, 0.6) is 0 Å². The maximum atomic E-state index is 12.9. The van der Waals surface area contributed by atoms with E-state index in [4.69, 9.17) is 9.15 Å². The van der Waals surface area contributed by atoms with Gasteiger partial charge in [-0.2, -0.15) is 5.10 Å². The number of hydrogen-bond donors (Lipinski definition) is 1. The smallest absolute Gasteiger partial charge is 0.338 e. The highest BCUT2D eigenvalue weighted by atomic mass is 16.5. The third-order valence-electron chi connectivity index (χ3n) is 5.85. The molecule has 8 nitrogen and oxygen atoms in total. The molecule has 2 aromatic heterocycles. The molecule has 0 aliphatic heterocycles. The Balaban J connectivity index is 1.32. The summed E-state index contributed by atoms with van der Waals surface area (Å²) in [6.07, 6.45) is 1.40. The second-order valence-electron chi connectivity index (χ2n) is 8.25. The summed E-state index contributed by atoms with van der Waals surface area (Å²) in [6.45, 7) is 2.03. The number of carbonyl (C=O) groups excluding carboxylic acids is 2. The Hall–Kier alpha value is -4.98. The molecule has 1 N–H and O–H groups in total. The Morgan fingerprint density at radius 1 is 0.946 bits per heavy atom. The Labute approximate surface area is 211 Å². The minimum absolute atomic E-state index is 0.0251. The lowest BCUT2D eigenvalue weighted by molar-refractivity contribution is -0.121. The van der Waals surface area contributed by atoms with Crippen molar-refractivity contribution in [3.8, 4) is 11.3 Å². The van der Waals surface area contributed by atoms with E-state index in [0.29, 0.717) is 51.1 Å². The van der Waals surface area contributed by atoms with Gasteiger partial charge in [0.25, 0.3) is 5.91 Å². The molecule has 0 aliphatic carbocycles. The first-order valence-corrected chi connectivity index (χ1v) is 11.7. The van der Waals surface area contributed by atoms with E-state index in [1.54, 1.807) is 66.1 Å². The summed E-state index contributed by atoms with van der Waals surface area (Å²) in [7, 11) is 0. The van der Waals surface area contributed by atoms with Gasteiger partial charge in [0.1, 0.15) is 18.1 Å². The Morgan fingerprint density at radius 2 is 1.65 bits per heavy atom. The highest BCUT2D eigenvalue weighted by Crippen LogP contribution is 2.23. The minimum Gasteiger partial charge on any atom is -0.462 e. The van der Waals surface area contributed by atoms with Gasteiger partial charge in [-0.1, -0.05) is 36.4 Å². The van der Waals surface area contributed by atoms with Crippen LogP contribution in [0.2, 0.25) is 0 Å². The first-order valence-electron chi connectivity index (χ1n) is 11.7. The summed E-state index contributed by atoms with van der Waals surface area (Å²) < 4.78 is 12.7. The van der Waals surface area contributed by atoms with Crippen molar-refractivity contribution >= 4 is 39.9 Å². The maximum absolute atomic E-state index is 12.9. The first kappa shape index (κ1) is 23.7. The molecule has 0 unspecified atom stereocenters. The number of furan rings is 1. The standard InChI is InChI=1S/C29H23N3O5/c1-2-36-29(35)20-9-7-8-19(16-20)26-15-14-21(37-26)17-30-31-27(33)18-32-24-12-5-3-10-22(24)28(34)23-11-4-6-13-25(23)32/h3-17H,2,18H2,1H3,(H,31,33). The van der Waals surface area contributed by atoms with Gasteiger partial charge in [-0.05, 0) is 55.5 Å². The van der Waals surface area contributed by atoms with Crippen LogP contribution in [0.4, 0.5) is 0 Å². The number of amides is 1. The molecule has 184 valence electrons. The summed E-state index contributed by atoms with van der Waals surface area (Å²) in [5.41, 5.74) is 4.94. The van der Waals surface area contributed by atoms with Crippen LogP contribution in [0.3, 0.4) is 0 Å². The van der Waals surface area contributed by atoms with Gasteiger partial charge in [0.05, 0.1) is 29.4 Å². The number of pyridine rings is 1. The molecule has 0 bridgehead atoms. The van der Waals surface area contributed by atoms with Crippen molar-refractivity contribution in [3.63, 3.8) is 0 Å². The minimum atomic E-state index is -0.399. The number of para-hydroxylation sites is 2. The zero-order valence-electron chi connectivity index (χ0n) is 20.0. The molecule has 37 heavy (non-hydrogen) atoms. The quantitative estimate of drug-likeness (QED) is 0.153. The van der Waals surface area contributed by atoms with E-state index in [9.17, 15) is 14.4 Å². The highest BCUT2D eigenvalue weighted by Gasteiger charge is 2.13. The number of ether oxygens (including phenoxy) is 1. The van der Waals surface area contributed by atoms with Crippen molar-refractivity contribution < 1.29 is 18.7 Å². The van der Waals surface area contributed by atoms with Crippen LogP contribution >= 0.6 is 0 Å². The van der Waals surface area contributed by atoms with Crippen molar-refractivity contribution in [2.75, 3.05) is 6.61 Å². The molecule has 0 spiro atoms. The molecule has 0 aliphatic rings. The number of nitrogens with zero attached hydrogens (tertiary/aromatic N) is 2. The molecule has 5 rings (SSSR count). The molecule has 0 atom stereocenters. The molecular formula is C29H23N3O5. The second-order valence-corrected chi connectivity index (χ2v) is 8.25. The molecule has 8 heteroatoms. The van der Waals surface area contributed by atoms with Gasteiger partial charge in [-0.3, -0.25) is 9.59 Å². The van der Waals surface area contributed by atoms with Crippen LogP contribution in [0.25, 0.3) is 33.1 Å². The number of hydrazone groups is 1. The fourth-order valence-electron chi connectivity index (χ4n) is 4.19. The number of esters is 1. The molecule has 3 aromatic carbocycles. The third-order valence-corrected chi connectivity index (χ3v) is 5.85. The second kappa shape index (κ2) is 10.3. The van der Waals surface area contributed by atoms with E-state index in [2.05, 4.69) is 10.5 Å². The Kier molecular flexibility index (Phi) is 6.63. The highest BCUT2D eigenvalue weighted by molar-refractivity contribution is 5.95. The first-order chi connectivity index (χ1) is 18.0. The fourth-order valence-corrected chi connectivity index (χ4v) is 4.19. The number of fused-ring (bicyclic) bond motifs is 2. The molecule has 0 saturated carbocycles. The maximum Gasteiger partial charge on any atom is 0.338 e. The summed E-state index contributed by atoms with van der Waals surface area (Å²) in [6, 6.07) is 24.8.